The van der Waals surface area contributed by atoms with Crippen molar-refractivity contribution < 1.29 is 4.42 Å². The first-order chi connectivity index (χ1) is 12.7. The largest absolute Gasteiger partial charge is 0.436 e. The van der Waals surface area contributed by atoms with Gasteiger partial charge in [-0.15, -0.1) is 0 Å². The zero-order chi connectivity index (χ0) is 17.9. The number of H-pyrrole nitrogens is 1. The minimum atomic E-state index is 0.551. The number of aromatic nitrogens is 3. The lowest BCUT2D eigenvalue weighted by molar-refractivity contribution is 0.620. The summed E-state index contributed by atoms with van der Waals surface area (Å²) in [5.41, 5.74) is 5.13. The summed E-state index contributed by atoms with van der Waals surface area (Å²) in [4.78, 5) is 5.41. The van der Waals surface area contributed by atoms with E-state index in [0.29, 0.717) is 5.89 Å². The van der Waals surface area contributed by atoms with Crippen molar-refractivity contribution in [1.82, 2.24) is 15.2 Å². The van der Waals surface area contributed by atoms with Crippen LogP contribution in [-0.4, -0.2) is 20.2 Å². The molecule has 0 aliphatic carbocycles. The van der Waals surface area contributed by atoms with Crippen LogP contribution in [0.3, 0.4) is 0 Å². The monoisotopic (exact) mass is 362 g/mol. The summed E-state index contributed by atoms with van der Waals surface area (Å²) in [6.45, 7) is 2.11. The molecule has 6 heteroatoms. The summed E-state index contributed by atoms with van der Waals surface area (Å²) in [6.07, 6.45) is 3.70. The second-order valence-electron chi connectivity index (χ2n) is 6.01. The molecule has 0 saturated carbocycles. The zero-order valence-electron chi connectivity index (χ0n) is 14.3. The van der Waals surface area contributed by atoms with Gasteiger partial charge in [0, 0.05) is 17.4 Å². The smallest absolute Gasteiger partial charge is 0.231 e. The first-order valence-electron chi connectivity index (χ1n) is 8.54. The molecule has 0 aliphatic rings. The van der Waals surface area contributed by atoms with Gasteiger partial charge in [0.15, 0.2) is 5.58 Å². The number of oxazole rings is 1. The number of fused-ring (bicyclic) bond motifs is 1. The Morgan fingerprint density at radius 3 is 2.92 bits per heavy atom. The number of anilines is 1. The number of para-hydroxylation sites is 2. The topological polar surface area (TPSA) is 66.7 Å². The molecule has 130 valence electrons. The van der Waals surface area contributed by atoms with Gasteiger partial charge in [0.05, 0.1) is 10.6 Å². The van der Waals surface area contributed by atoms with E-state index in [-0.39, 0.29) is 0 Å². The third-order valence-electron chi connectivity index (χ3n) is 4.06. The Morgan fingerprint density at radius 2 is 2.08 bits per heavy atom. The molecule has 0 unspecified atom stereocenters. The first-order valence-corrected chi connectivity index (χ1v) is 8.95. The molecule has 26 heavy (non-hydrogen) atoms. The summed E-state index contributed by atoms with van der Waals surface area (Å²) in [5, 5.41) is 10.6. The fourth-order valence-electron chi connectivity index (χ4n) is 2.86. The molecule has 5 nitrogen and oxygen atoms in total. The minimum Gasteiger partial charge on any atom is -0.436 e. The quantitative estimate of drug-likeness (QED) is 0.464. The van der Waals surface area contributed by atoms with Crippen molar-refractivity contribution in [3.63, 3.8) is 0 Å². The van der Waals surface area contributed by atoms with Crippen molar-refractivity contribution in [2.45, 2.75) is 19.8 Å². The number of thiocarbonyl (C=S) groups is 1. The van der Waals surface area contributed by atoms with Crippen molar-refractivity contribution in [3.05, 3.63) is 54.7 Å². The molecule has 0 bridgehead atoms. The Hall–Kier alpha value is -2.99. The second-order valence-corrected chi connectivity index (χ2v) is 6.51. The molecule has 2 N–H and O–H groups in total. The third kappa shape index (κ3) is 3.23. The highest BCUT2D eigenvalue weighted by atomic mass is 32.1. The molecule has 2 heterocycles. The van der Waals surface area contributed by atoms with E-state index in [1.54, 1.807) is 0 Å². The Labute approximate surface area is 156 Å². The number of aromatic amines is 1. The normalized spacial score (nSPS) is 11.0. The number of rotatable bonds is 5. The lowest BCUT2D eigenvalue weighted by Crippen LogP contribution is -2.07. The maximum Gasteiger partial charge on any atom is 0.231 e. The fourth-order valence-corrected chi connectivity index (χ4v) is 3.18. The molecule has 0 spiro atoms. The summed E-state index contributed by atoms with van der Waals surface area (Å²) in [6, 6.07) is 15.7. The van der Waals surface area contributed by atoms with E-state index >= 15 is 0 Å². The Bertz CT molecular complexity index is 1030. The van der Waals surface area contributed by atoms with Crippen molar-refractivity contribution in [2.24, 2.45) is 0 Å². The van der Waals surface area contributed by atoms with E-state index in [9.17, 15) is 0 Å². The Morgan fingerprint density at radius 1 is 1.19 bits per heavy atom. The van der Waals surface area contributed by atoms with E-state index in [1.807, 2.05) is 54.7 Å². The summed E-state index contributed by atoms with van der Waals surface area (Å²) >= 11 is 5.36. The van der Waals surface area contributed by atoms with E-state index in [2.05, 4.69) is 27.4 Å². The van der Waals surface area contributed by atoms with Gasteiger partial charge in [-0.25, -0.2) is 4.98 Å². The maximum atomic E-state index is 5.89. The predicted octanol–water partition coefficient (Wildman–Crippen LogP) is 5.42. The van der Waals surface area contributed by atoms with E-state index < -0.39 is 0 Å². The SMILES string of the molecule is CCCC(=S)Nc1cccc(-c2n[nH]cc2-c2nc3ccccc3o2)c1. The average molecular weight is 362 g/mol. The highest BCUT2D eigenvalue weighted by Crippen LogP contribution is 2.32. The molecule has 4 aromatic rings. The maximum absolute atomic E-state index is 5.89. The van der Waals surface area contributed by atoms with Crippen molar-refractivity contribution in [1.29, 1.82) is 0 Å². The van der Waals surface area contributed by atoms with Crippen molar-refractivity contribution in [3.8, 4) is 22.7 Å². The van der Waals surface area contributed by atoms with Gasteiger partial charge in [0.2, 0.25) is 5.89 Å². The molecule has 0 atom stereocenters. The number of hydrogen-bond donors (Lipinski definition) is 2. The van der Waals surface area contributed by atoms with Gasteiger partial charge in [0.1, 0.15) is 11.2 Å². The minimum absolute atomic E-state index is 0.551. The number of nitrogens with zero attached hydrogens (tertiary/aromatic N) is 2. The fraction of sp³-hybridized carbons (Fsp3) is 0.150. The Balaban J connectivity index is 1.69. The molecule has 0 amide bonds. The summed E-state index contributed by atoms with van der Waals surface area (Å²) < 4.78 is 5.89. The highest BCUT2D eigenvalue weighted by Gasteiger charge is 2.16. The number of nitrogens with one attached hydrogen (secondary N) is 2. The number of benzene rings is 2. The summed E-state index contributed by atoms with van der Waals surface area (Å²) in [5.74, 6) is 0.551. The van der Waals surface area contributed by atoms with Crippen LogP contribution >= 0.6 is 12.2 Å². The van der Waals surface area contributed by atoms with Gasteiger partial charge in [0.25, 0.3) is 0 Å². The summed E-state index contributed by atoms with van der Waals surface area (Å²) in [7, 11) is 0. The van der Waals surface area contributed by atoms with Gasteiger partial charge in [-0.05, 0) is 37.1 Å². The molecule has 0 fully saturated rings. The standard InChI is InChI=1S/C20H18N4OS/c1-2-6-18(26)22-14-8-5-7-13(11-14)19-15(12-21-24-19)20-23-16-9-3-4-10-17(16)25-20/h3-5,7-12H,2,6H2,1H3,(H,21,24)(H,22,26). The highest BCUT2D eigenvalue weighted by molar-refractivity contribution is 7.80. The zero-order valence-corrected chi connectivity index (χ0v) is 15.1. The van der Waals surface area contributed by atoms with Crippen LogP contribution in [0, 0.1) is 0 Å². The Kier molecular flexibility index (Phi) is 4.50. The van der Waals surface area contributed by atoms with Gasteiger partial charge in [-0.1, -0.05) is 43.4 Å². The predicted molar refractivity (Wildman–Crippen MR) is 108 cm³/mol. The molecule has 0 saturated heterocycles. The molecular formula is C20H18N4OS. The van der Waals surface area contributed by atoms with Crippen LogP contribution in [0.1, 0.15) is 19.8 Å². The van der Waals surface area contributed by atoms with E-state index in [4.69, 9.17) is 16.6 Å². The number of hydrogen-bond acceptors (Lipinski definition) is 4. The lowest BCUT2D eigenvalue weighted by atomic mass is 10.1. The van der Waals surface area contributed by atoms with Gasteiger partial charge in [-0.2, -0.15) is 5.10 Å². The molecule has 4 rings (SSSR count). The van der Waals surface area contributed by atoms with Crippen LogP contribution in [0.5, 0.6) is 0 Å². The molecule has 2 aromatic heterocycles. The molecule has 0 aliphatic heterocycles. The lowest BCUT2D eigenvalue weighted by Gasteiger charge is -2.08. The van der Waals surface area contributed by atoms with E-state index in [0.717, 1.165) is 51.4 Å². The van der Waals surface area contributed by atoms with Crippen LogP contribution in [0.25, 0.3) is 33.8 Å². The van der Waals surface area contributed by atoms with Crippen molar-refractivity contribution in [2.75, 3.05) is 5.32 Å². The van der Waals surface area contributed by atoms with Crippen LogP contribution in [0.4, 0.5) is 5.69 Å². The van der Waals surface area contributed by atoms with Crippen LogP contribution < -0.4 is 5.32 Å². The van der Waals surface area contributed by atoms with Gasteiger partial charge in [-0.3, -0.25) is 5.10 Å². The van der Waals surface area contributed by atoms with Crippen LogP contribution in [0.15, 0.2) is 59.1 Å². The van der Waals surface area contributed by atoms with Crippen molar-refractivity contribution >= 4 is 34.0 Å². The van der Waals surface area contributed by atoms with Gasteiger partial charge >= 0.3 is 0 Å². The average Bonchev–Trinajstić information content (AvgIpc) is 3.28. The van der Waals surface area contributed by atoms with Crippen LogP contribution in [-0.2, 0) is 0 Å². The first kappa shape index (κ1) is 16.5. The van der Waals surface area contributed by atoms with Crippen LogP contribution in [0.2, 0.25) is 0 Å². The third-order valence-corrected chi connectivity index (χ3v) is 4.37. The molecular weight excluding hydrogens is 344 g/mol. The molecule has 2 aromatic carbocycles. The van der Waals surface area contributed by atoms with Gasteiger partial charge < -0.3 is 9.73 Å². The van der Waals surface area contributed by atoms with E-state index in [1.165, 1.54) is 0 Å². The second kappa shape index (κ2) is 7.09. The molecule has 0 radical (unpaired) electrons.